The van der Waals surface area contributed by atoms with Crippen molar-refractivity contribution in [1.82, 2.24) is 38.2 Å². The summed E-state index contributed by atoms with van der Waals surface area (Å²) >= 11 is 4.11. The van der Waals surface area contributed by atoms with E-state index in [1.807, 2.05) is 0 Å². The molecule has 2 unspecified atom stereocenters. The molecule has 3 fully saturated rings. The van der Waals surface area contributed by atoms with E-state index >= 15 is 4.39 Å². The monoisotopic (exact) mass is 654 g/mol. The Morgan fingerprint density at radius 3 is 2.14 bits per heavy atom. The molecule has 2 N–H and O–H groups in total. The zero-order valence-corrected chi connectivity index (χ0v) is 25.0. The van der Waals surface area contributed by atoms with Crippen LogP contribution in [-0.2, 0) is 37.2 Å². The van der Waals surface area contributed by atoms with Gasteiger partial charge in [0.1, 0.15) is 18.3 Å². The van der Waals surface area contributed by atoms with Crippen LogP contribution in [-0.4, -0.2) is 91.4 Å². The molecule has 2 saturated heterocycles. The molecule has 0 aromatic carbocycles. The number of ether oxygens (including phenoxy) is 2. The SMILES string of the molecule is Cn1cnc2c(ncn2[C@@H]2C[C@@H]3OP(=O)(S)O[C@H]4[C@@H](F)[C@H](n5cnc6c(=O)n(C)cnc65)O[C@@H]4CCC(O)O[C@@H]2[C@@H]3O)c1=O. The predicted octanol–water partition coefficient (Wildman–Crippen LogP) is 0.120. The lowest BCUT2D eigenvalue weighted by atomic mass is 10.1. The lowest BCUT2D eigenvalue weighted by Gasteiger charge is -2.29. The Hall–Kier alpha value is -3.03. The van der Waals surface area contributed by atoms with Crippen molar-refractivity contribution in [3.63, 3.8) is 0 Å². The van der Waals surface area contributed by atoms with Gasteiger partial charge in [0.05, 0.1) is 43.6 Å². The lowest BCUT2D eigenvalue weighted by Crippen LogP contribution is -2.39. The van der Waals surface area contributed by atoms with Crippen LogP contribution in [0.15, 0.2) is 34.9 Å². The van der Waals surface area contributed by atoms with Crippen molar-refractivity contribution in [2.75, 3.05) is 0 Å². The van der Waals surface area contributed by atoms with Gasteiger partial charge in [-0.3, -0.25) is 23.2 Å². The molecular formula is C24H28FN8O9PS. The number of aromatic nitrogens is 8. The first-order valence-corrected chi connectivity index (χ1v) is 16.4. The number of hydrogen-bond donors (Lipinski definition) is 3. The van der Waals surface area contributed by atoms with Gasteiger partial charge in [-0.15, -0.1) is 0 Å². The quantitative estimate of drug-likeness (QED) is 0.195. The maximum Gasteiger partial charge on any atom is 0.386 e. The molecule has 4 aromatic rings. The third kappa shape index (κ3) is 4.82. The van der Waals surface area contributed by atoms with Crippen molar-refractivity contribution in [2.24, 2.45) is 14.1 Å². The number of aliphatic hydroxyl groups excluding tert-OH is 2. The summed E-state index contributed by atoms with van der Waals surface area (Å²) in [5.74, 6) is 0. The van der Waals surface area contributed by atoms with E-state index in [2.05, 4.69) is 32.2 Å². The van der Waals surface area contributed by atoms with Crippen LogP contribution < -0.4 is 11.1 Å². The predicted molar refractivity (Wildman–Crippen MR) is 150 cm³/mol. The fourth-order valence-corrected chi connectivity index (χ4v) is 7.95. The van der Waals surface area contributed by atoms with Gasteiger partial charge in [-0.05, 0) is 6.42 Å². The molecule has 3 aliphatic rings. The molecule has 2 aliphatic heterocycles. The highest BCUT2D eigenvalue weighted by molar-refractivity contribution is 8.44. The minimum Gasteiger partial charge on any atom is -0.388 e. The average Bonchev–Trinajstić information content (AvgIpc) is 3.73. The van der Waals surface area contributed by atoms with E-state index in [-0.39, 0.29) is 47.1 Å². The van der Waals surface area contributed by atoms with E-state index < -0.39 is 67.6 Å². The summed E-state index contributed by atoms with van der Waals surface area (Å²) in [4.78, 5) is 41.7. The molecule has 236 valence electrons. The first-order valence-electron chi connectivity index (χ1n) is 13.7. The molecule has 0 amide bonds. The largest absolute Gasteiger partial charge is 0.388 e. The number of hydrogen-bond acceptors (Lipinski definition) is 13. The number of alkyl halides is 1. The van der Waals surface area contributed by atoms with Crippen LogP contribution in [0.3, 0.4) is 0 Å². The average molecular weight is 655 g/mol. The Kier molecular flexibility index (Phi) is 7.28. The summed E-state index contributed by atoms with van der Waals surface area (Å²) in [6.07, 6.45) is -6.01. The van der Waals surface area contributed by atoms with Crippen LogP contribution in [0.5, 0.6) is 0 Å². The van der Waals surface area contributed by atoms with E-state index in [4.69, 9.17) is 18.5 Å². The number of aryl methyl sites for hydroxylation is 2. The molecule has 6 heterocycles. The molecule has 17 nitrogen and oxygen atoms in total. The molecule has 4 aromatic heterocycles. The van der Waals surface area contributed by atoms with Crippen LogP contribution in [0.2, 0.25) is 0 Å². The molecule has 7 rings (SSSR count). The Balaban J connectivity index is 1.19. The van der Waals surface area contributed by atoms with Crippen molar-refractivity contribution in [3.8, 4) is 0 Å². The molecule has 1 saturated carbocycles. The number of nitrogens with zero attached hydrogens (tertiary/aromatic N) is 8. The topological polar surface area (TPSA) is 200 Å². The summed E-state index contributed by atoms with van der Waals surface area (Å²) in [6.45, 7) is -4.37. The smallest absolute Gasteiger partial charge is 0.386 e. The molecule has 20 heteroatoms. The van der Waals surface area contributed by atoms with Crippen molar-refractivity contribution >= 4 is 41.4 Å². The summed E-state index contributed by atoms with van der Waals surface area (Å²) in [7, 11) is 3.04. The van der Waals surface area contributed by atoms with E-state index in [1.165, 1.54) is 57.7 Å². The van der Waals surface area contributed by atoms with Crippen molar-refractivity contribution in [2.45, 2.75) is 74.5 Å². The van der Waals surface area contributed by atoms with Crippen LogP contribution in [0.25, 0.3) is 22.3 Å². The van der Waals surface area contributed by atoms with E-state index in [0.29, 0.717) is 0 Å². The van der Waals surface area contributed by atoms with Crippen LogP contribution in [0.4, 0.5) is 4.39 Å². The normalized spacial score (nSPS) is 36.4. The summed E-state index contributed by atoms with van der Waals surface area (Å²) in [5, 5.41) is 22.1. The van der Waals surface area contributed by atoms with Crippen molar-refractivity contribution in [1.29, 1.82) is 0 Å². The number of halogens is 1. The van der Waals surface area contributed by atoms with Gasteiger partial charge in [0.15, 0.2) is 41.0 Å². The Bertz CT molecular complexity index is 1920. The Morgan fingerprint density at radius 2 is 1.48 bits per heavy atom. The zero-order valence-electron chi connectivity index (χ0n) is 23.2. The Morgan fingerprint density at radius 1 is 0.864 bits per heavy atom. The van der Waals surface area contributed by atoms with Crippen LogP contribution in [0.1, 0.15) is 31.5 Å². The maximum atomic E-state index is 16.1. The number of imidazole rings is 2. The zero-order chi connectivity index (χ0) is 31.1. The van der Waals surface area contributed by atoms with E-state index in [0.717, 1.165) is 0 Å². The van der Waals surface area contributed by atoms with E-state index in [9.17, 15) is 24.4 Å². The van der Waals surface area contributed by atoms with Gasteiger partial charge in [-0.25, -0.2) is 28.9 Å². The highest BCUT2D eigenvalue weighted by atomic mass is 32.7. The van der Waals surface area contributed by atoms with Gasteiger partial charge in [0.2, 0.25) is 0 Å². The molecule has 44 heavy (non-hydrogen) atoms. The second-order valence-corrected chi connectivity index (χ2v) is 13.9. The first-order chi connectivity index (χ1) is 20.9. The van der Waals surface area contributed by atoms with Crippen molar-refractivity contribution in [3.05, 3.63) is 46.0 Å². The van der Waals surface area contributed by atoms with Gasteiger partial charge in [0.25, 0.3) is 11.1 Å². The lowest BCUT2D eigenvalue weighted by molar-refractivity contribution is -0.179. The summed E-state index contributed by atoms with van der Waals surface area (Å²) in [6, 6.07) is -0.757. The van der Waals surface area contributed by atoms with Gasteiger partial charge in [-0.2, -0.15) is 0 Å². The van der Waals surface area contributed by atoms with Crippen LogP contribution >= 0.6 is 19.0 Å². The minimum absolute atomic E-state index is 0.00503. The first kappa shape index (κ1) is 29.7. The molecule has 0 spiro atoms. The van der Waals surface area contributed by atoms with Crippen LogP contribution in [0, 0.1) is 0 Å². The van der Waals surface area contributed by atoms with Gasteiger partial charge in [0, 0.05) is 26.9 Å². The molecule has 0 radical (unpaired) electrons. The third-order valence-electron chi connectivity index (χ3n) is 8.29. The maximum absolute atomic E-state index is 16.1. The number of rotatable bonds is 2. The van der Waals surface area contributed by atoms with E-state index in [1.54, 1.807) is 0 Å². The molecule has 10 atom stereocenters. The molecule has 2 bridgehead atoms. The van der Waals surface area contributed by atoms with Gasteiger partial charge >= 0.3 is 6.80 Å². The Labute approximate surface area is 251 Å². The summed E-state index contributed by atoms with van der Waals surface area (Å²) < 4.78 is 58.1. The molecule has 1 aliphatic carbocycles. The second kappa shape index (κ2) is 10.8. The highest BCUT2D eigenvalue weighted by Gasteiger charge is 2.53. The standard InChI is InChI=1S/C24H28FN8O9PS/c1-30-6-28-20-15(22(30)36)26-8-32(20)10-5-12-17(35)18(10)40-13(34)4-3-11-19(42-43(38,44)41-12)14(25)24(39-11)33-9-27-16-21(33)29-7-31(2)23(16)37/h6-14,17-19,24,34-35H,3-5H2,1-2H3,(H,38,44)/t10-,11-,12+,13?,14-,17-,18+,19-,24-,43?/m1/s1. The minimum atomic E-state index is -4.37. The fourth-order valence-electron chi connectivity index (χ4n) is 6.10. The second-order valence-electron chi connectivity index (χ2n) is 11.1. The fraction of sp³-hybridized carbons (Fsp3) is 0.583. The molecular weight excluding hydrogens is 626 g/mol. The van der Waals surface area contributed by atoms with Crippen molar-refractivity contribution < 1.29 is 37.7 Å². The van der Waals surface area contributed by atoms with Gasteiger partial charge < -0.3 is 33.4 Å². The highest BCUT2D eigenvalue weighted by Crippen LogP contribution is 2.59. The van der Waals surface area contributed by atoms with Gasteiger partial charge in [-0.1, -0.05) is 12.2 Å². The number of aliphatic hydroxyl groups is 2. The third-order valence-corrected chi connectivity index (χ3v) is 9.91. The summed E-state index contributed by atoms with van der Waals surface area (Å²) in [5.41, 5.74) is -0.430. The number of thiol groups is 1. The number of fused-ring (bicyclic) bond motifs is 5.